The van der Waals surface area contributed by atoms with Crippen molar-refractivity contribution in [3.63, 3.8) is 0 Å². The maximum atomic E-state index is 10.8. The van der Waals surface area contributed by atoms with Gasteiger partial charge in [0.25, 0.3) is 0 Å². The van der Waals surface area contributed by atoms with Crippen molar-refractivity contribution in [2.75, 3.05) is 0 Å². The number of benzene rings is 3. The smallest absolute Gasteiger partial charge is 0.238 e. The summed E-state index contributed by atoms with van der Waals surface area (Å²) in [5.74, 6) is 0. The molecule has 0 aliphatic heterocycles. The van der Waals surface area contributed by atoms with Crippen LogP contribution in [0.15, 0.2) is 83.8 Å². The number of nitrogens with two attached hydrogens (primary N) is 1. The summed E-state index contributed by atoms with van der Waals surface area (Å²) in [6.45, 7) is 1.71. The molecule has 4 rings (SSSR count). The molecule has 0 fully saturated rings. The van der Waals surface area contributed by atoms with E-state index in [4.69, 9.17) is 5.14 Å². The summed E-state index contributed by atoms with van der Waals surface area (Å²) in [6, 6.07) is 25.2. The fourth-order valence-electron chi connectivity index (χ4n) is 2.60. The van der Waals surface area contributed by atoms with Crippen LogP contribution in [0.2, 0.25) is 0 Å². The first kappa shape index (κ1) is 17.1. The number of pyridine rings is 1. The lowest BCUT2D eigenvalue weighted by atomic mass is 10.1. The van der Waals surface area contributed by atoms with Crippen LogP contribution in [0.5, 0.6) is 0 Å². The lowest BCUT2D eigenvalue weighted by Crippen LogP contribution is -2.13. The van der Waals surface area contributed by atoms with Crippen molar-refractivity contribution < 1.29 is 8.42 Å². The summed E-state index contributed by atoms with van der Waals surface area (Å²) in [7, 11) is -3.53. The Balaban J connectivity index is 0.000000151. The first-order valence-corrected chi connectivity index (χ1v) is 9.33. The molecule has 0 saturated heterocycles. The van der Waals surface area contributed by atoms with Crippen LogP contribution in [0, 0.1) is 6.92 Å². The standard InChI is InChI=1S/C13H9N.C7H9NO2S/c1-3-7-12-10(5-1)9-11-6-2-4-8-13(11)14-12;1-6-4-2-3-5-7(6)11(8,9)10/h1-9H;2-5H,1H3,(H2,8,9,10). The van der Waals surface area contributed by atoms with Gasteiger partial charge in [-0.15, -0.1) is 0 Å². The van der Waals surface area contributed by atoms with E-state index in [0.29, 0.717) is 5.56 Å². The van der Waals surface area contributed by atoms with E-state index in [1.807, 2.05) is 36.4 Å². The van der Waals surface area contributed by atoms with Gasteiger partial charge in [0.1, 0.15) is 0 Å². The number of aromatic nitrogens is 1. The number of para-hydroxylation sites is 2. The SMILES string of the molecule is Cc1ccccc1S(N)(=O)=O.c1ccc2nc3ccccc3cc2c1. The maximum Gasteiger partial charge on any atom is 0.238 e. The molecule has 126 valence electrons. The predicted molar refractivity (Wildman–Crippen MR) is 102 cm³/mol. The molecule has 0 amide bonds. The molecule has 25 heavy (non-hydrogen) atoms. The zero-order valence-corrected chi connectivity index (χ0v) is 14.6. The van der Waals surface area contributed by atoms with Crippen LogP contribution in [0.3, 0.4) is 0 Å². The van der Waals surface area contributed by atoms with Crippen molar-refractivity contribution in [2.45, 2.75) is 11.8 Å². The zero-order chi connectivity index (χ0) is 17.9. The second kappa shape index (κ2) is 7.01. The van der Waals surface area contributed by atoms with Gasteiger partial charge in [-0.25, -0.2) is 18.5 Å². The topological polar surface area (TPSA) is 73.1 Å². The van der Waals surface area contributed by atoms with Crippen molar-refractivity contribution in [3.8, 4) is 0 Å². The number of sulfonamides is 1. The van der Waals surface area contributed by atoms with Gasteiger partial charge in [-0.05, 0) is 36.8 Å². The van der Waals surface area contributed by atoms with Crippen LogP contribution < -0.4 is 5.14 Å². The Bertz CT molecular complexity index is 1030. The molecule has 1 aromatic heterocycles. The summed E-state index contributed by atoms with van der Waals surface area (Å²) >= 11 is 0. The van der Waals surface area contributed by atoms with Gasteiger partial charge in [0, 0.05) is 10.8 Å². The minimum atomic E-state index is -3.53. The Labute approximate surface area is 147 Å². The van der Waals surface area contributed by atoms with E-state index in [1.54, 1.807) is 25.1 Å². The van der Waals surface area contributed by atoms with Crippen LogP contribution in [0.4, 0.5) is 0 Å². The van der Waals surface area contributed by atoms with Gasteiger partial charge < -0.3 is 0 Å². The molecule has 0 aliphatic rings. The van der Waals surface area contributed by atoms with Gasteiger partial charge in [-0.1, -0.05) is 54.6 Å². The number of hydrogen-bond acceptors (Lipinski definition) is 3. The second-order valence-electron chi connectivity index (χ2n) is 5.68. The summed E-state index contributed by atoms with van der Waals surface area (Å²) in [6.07, 6.45) is 0. The van der Waals surface area contributed by atoms with Gasteiger partial charge >= 0.3 is 0 Å². The first-order valence-electron chi connectivity index (χ1n) is 7.78. The van der Waals surface area contributed by atoms with E-state index in [-0.39, 0.29) is 4.90 Å². The molecule has 4 aromatic rings. The van der Waals surface area contributed by atoms with Gasteiger partial charge in [-0.3, -0.25) is 0 Å². The van der Waals surface area contributed by atoms with Crippen molar-refractivity contribution in [3.05, 3.63) is 84.4 Å². The number of fused-ring (bicyclic) bond motifs is 2. The molecule has 0 atom stereocenters. The van der Waals surface area contributed by atoms with E-state index in [1.165, 1.54) is 16.8 Å². The normalized spacial score (nSPS) is 11.1. The molecule has 2 N–H and O–H groups in total. The lowest BCUT2D eigenvalue weighted by molar-refractivity contribution is 0.597. The first-order chi connectivity index (χ1) is 11.9. The fraction of sp³-hybridized carbons (Fsp3) is 0.0500. The molecule has 0 aliphatic carbocycles. The van der Waals surface area contributed by atoms with E-state index >= 15 is 0 Å². The number of nitrogens with zero attached hydrogens (tertiary/aromatic N) is 1. The Morgan fingerprint density at radius 3 is 1.72 bits per heavy atom. The highest BCUT2D eigenvalue weighted by molar-refractivity contribution is 7.89. The van der Waals surface area contributed by atoms with E-state index in [0.717, 1.165) is 11.0 Å². The molecule has 5 heteroatoms. The summed E-state index contributed by atoms with van der Waals surface area (Å²) < 4.78 is 21.7. The molecule has 3 aromatic carbocycles. The average Bonchev–Trinajstić information content (AvgIpc) is 2.60. The van der Waals surface area contributed by atoms with Gasteiger partial charge in [0.05, 0.1) is 15.9 Å². The minimum Gasteiger partial charge on any atom is -0.248 e. The monoisotopic (exact) mass is 350 g/mol. The van der Waals surface area contributed by atoms with Crippen LogP contribution in [-0.2, 0) is 10.0 Å². The number of primary sulfonamides is 1. The average molecular weight is 350 g/mol. The molecule has 0 unspecified atom stereocenters. The van der Waals surface area contributed by atoms with Crippen molar-refractivity contribution in [2.24, 2.45) is 5.14 Å². The Kier molecular flexibility index (Phi) is 4.79. The molecule has 1 heterocycles. The fourth-order valence-corrected chi connectivity index (χ4v) is 3.38. The molecule has 0 bridgehead atoms. The Morgan fingerprint density at radius 2 is 1.24 bits per heavy atom. The third kappa shape index (κ3) is 4.02. The summed E-state index contributed by atoms with van der Waals surface area (Å²) in [5, 5.41) is 7.33. The summed E-state index contributed by atoms with van der Waals surface area (Å²) in [4.78, 5) is 4.77. The molecule has 0 radical (unpaired) electrons. The van der Waals surface area contributed by atoms with Gasteiger partial charge in [-0.2, -0.15) is 0 Å². The highest BCUT2D eigenvalue weighted by atomic mass is 32.2. The second-order valence-corrected chi connectivity index (χ2v) is 7.21. The minimum absolute atomic E-state index is 0.194. The van der Waals surface area contributed by atoms with Gasteiger partial charge in [0.15, 0.2) is 0 Å². The molecule has 0 saturated carbocycles. The van der Waals surface area contributed by atoms with Crippen LogP contribution in [-0.4, -0.2) is 13.4 Å². The van der Waals surface area contributed by atoms with Crippen molar-refractivity contribution in [1.82, 2.24) is 4.98 Å². The summed E-state index contributed by atoms with van der Waals surface area (Å²) in [5.41, 5.74) is 2.80. The van der Waals surface area contributed by atoms with Gasteiger partial charge in [0.2, 0.25) is 10.0 Å². The molecular formula is C20H18N2O2S. The Hall–Kier alpha value is -2.76. The number of rotatable bonds is 1. The van der Waals surface area contributed by atoms with Crippen LogP contribution in [0.1, 0.15) is 5.56 Å². The lowest BCUT2D eigenvalue weighted by Gasteiger charge is -2.00. The number of aryl methyl sites for hydroxylation is 1. The van der Waals surface area contributed by atoms with Crippen LogP contribution in [0.25, 0.3) is 21.8 Å². The zero-order valence-electron chi connectivity index (χ0n) is 13.8. The highest BCUT2D eigenvalue weighted by Crippen LogP contribution is 2.18. The largest absolute Gasteiger partial charge is 0.248 e. The molecule has 0 spiro atoms. The molecule has 4 nitrogen and oxygen atoms in total. The molecular weight excluding hydrogens is 332 g/mol. The van der Waals surface area contributed by atoms with Crippen molar-refractivity contribution >= 4 is 31.8 Å². The van der Waals surface area contributed by atoms with E-state index < -0.39 is 10.0 Å². The number of hydrogen-bond donors (Lipinski definition) is 1. The Morgan fingerprint density at radius 1 is 0.760 bits per heavy atom. The predicted octanol–water partition coefficient (Wildman–Crippen LogP) is 4.03. The van der Waals surface area contributed by atoms with Crippen molar-refractivity contribution in [1.29, 1.82) is 0 Å². The maximum absolute atomic E-state index is 10.8. The quantitative estimate of drug-likeness (QED) is 0.527. The third-order valence-electron chi connectivity index (χ3n) is 3.83. The highest BCUT2D eigenvalue weighted by Gasteiger charge is 2.08. The van der Waals surface area contributed by atoms with E-state index in [2.05, 4.69) is 23.2 Å². The third-order valence-corrected chi connectivity index (χ3v) is 4.90. The van der Waals surface area contributed by atoms with Crippen LogP contribution >= 0.6 is 0 Å². The van der Waals surface area contributed by atoms with E-state index in [9.17, 15) is 8.42 Å².